The van der Waals surface area contributed by atoms with Gasteiger partial charge in [0.25, 0.3) is 0 Å². The molecule has 0 saturated heterocycles. The van der Waals surface area contributed by atoms with E-state index in [1.165, 1.54) is 4.90 Å². The quantitative estimate of drug-likeness (QED) is 0.140. The zero-order valence-electron chi connectivity index (χ0n) is 42.2. The summed E-state index contributed by atoms with van der Waals surface area (Å²) in [4.78, 5) is 1.36. The SMILES string of the molecule is [2H]c1c([2H])c(N(c2ccc(-c3ccc(-c4cccc5ccccc45)cc3)cc2)c2c([2H])c([2H])c(-c3ccc4ccccc4c3-c3ccccc3)c([2H])c2[2H])c([2H])c([2H])c1-c1cccc(-c2ccccc2)c1. The highest BCUT2D eigenvalue weighted by Gasteiger charge is 2.17. The number of fused-ring (bicyclic) bond motifs is 2. The van der Waals surface area contributed by atoms with Crippen LogP contribution in [0, 0.1) is 0 Å². The van der Waals surface area contributed by atoms with E-state index in [-0.39, 0.29) is 46.7 Å². The van der Waals surface area contributed by atoms with Crippen LogP contribution in [0.4, 0.5) is 17.1 Å². The minimum atomic E-state index is -0.405. The highest BCUT2D eigenvalue weighted by atomic mass is 15.1. The molecule has 0 N–H and O–H groups in total. The summed E-state index contributed by atoms with van der Waals surface area (Å²) >= 11 is 0. The second-order valence-corrected chi connectivity index (χ2v) is 15.5. The van der Waals surface area contributed by atoms with Gasteiger partial charge in [-0.1, -0.05) is 218 Å². The third kappa shape index (κ3) is 7.47. The molecule has 1 heteroatoms. The first-order chi connectivity index (χ1) is 34.6. The third-order valence-corrected chi connectivity index (χ3v) is 11.6. The predicted octanol–water partition coefficient (Wildman–Crippen LogP) is 17.5. The molecule has 0 aliphatic carbocycles. The molecule has 0 amide bonds. The number of anilines is 3. The molecule has 11 aromatic carbocycles. The van der Waals surface area contributed by atoms with Crippen LogP contribution in [0.25, 0.3) is 88.3 Å². The fraction of sp³-hybridized carbons (Fsp3) is 0. The van der Waals surface area contributed by atoms with Crippen molar-refractivity contribution in [1.82, 2.24) is 0 Å². The Kier molecular flexibility index (Phi) is 7.90. The van der Waals surface area contributed by atoms with Crippen molar-refractivity contribution in [3.05, 3.63) is 261 Å². The van der Waals surface area contributed by atoms with E-state index in [0.29, 0.717) is 16.8 Å². The smallest absolute Gasteiger partial charge is 0.0645 e. The van der Waals surface area contributed by atoms with Gasteiger partial charge >= 0.3 is 0 Å². The van der Waals surface area contributed by atoms with Crippen LogP contribution in [0.5, 0.6) is 0 Å². The van der Waals surface area contributed by atoms with E-state index < -0.39 is 24.2 Å². The zero-order chi connectivity index (χ0) is 48.9. The average molecular weight is 810 g/mol. The van der Waals surface area contributed by atoms with Crippen LogP contribution in [0.3, 0.4) is 0 Å². The van der Waals surface area contributed by atoms with Gasteiger partial charge in [0, 0.05) is 17.1 Å². The number of nitrogens with zero attached hydrogens (tertiary/aromatic N) is 1. The van der Waals surface area contributed by atoms with E-state index in [0.717, 1.165) is 66.1 Å². The Morgan fingerprint density at radius 1 is 0.254 bits per heavy atom. The highest BCUT2D eigenvalue weighted by Crippen LogP contribution is 2.42. The maximum absolute atomic E-state index is 9.79. The van der Waals surface area contributed by atoms with Gasteiger partial charge in [0.05, 0.1) is 11.0 Å². The summed E-state index contributed by atoms with van der Waals surface area (Å²) in [5.41, 5.74) is 8.49. The van der Waals surface area contributed by atoms with Gasteiger partial charge in [0.1, 0.15) is 0 Å². The van der Waals surface area contributed by atoms with Gasteiger partial charge in [-0.25, -0.2) is 0 Å². The fourth-order valence-corrected chi connectivity index (χ4v) is 8.49. The number of benzene rings is 11. The van der Waals surface area contributed by atoms with Crippen LogP contribution >= 0.6 is 0 Å². The zero-order valence-corrected chi connectivity index (χ0v) is 34.2. The lowest BCUT2D eigenvalue weighted by Crippen LogP contribution is -2.09. The van der Waals surface area contributed by atoms with Crippen molar-refractivity contribution in [2.24, 2.45) is 0 Å². The van der Waals surface area contributed by atoms with Gasteiger partial charge in [0.15, 0.2) is 0 Å². The van der Waals surface area contributed by atoms with Crippen molar-refractivity contribution in [2.45, 2.75) is 0 Å². The summed E-state index contributed by atoms with van der Waals surface area (Å²) in [6, 6.07) is 65.7. The first-order valence-corrected chi connectivity index (χ1v) is 21.0. The van der Waals surface area contributed by atoms with Crippen LogP contribution < -0.4 is 4.90 Å². The summed E-state index contributed by atoms with van der Waals surface area (Å²) in [6.07, 6.45) is 0. The second-order valence-electron chi connectivity index (χ2n) is 15.5. The Hall–Kier alpha value is -8.26. The fourth-order valence-electron chi connectivity index (χ4n) is 8.49. The normalized spacial score (nSPS) is 13.0. The molecule has 1 nitrogen and oxygen atoms in total. The topological polar surface area (TPSA) is 3.24 Å². The lowest BCUT2D eigenvalue weighted by atomic mass is 9.90. The number of hydrogen-bond acceptors (Lipinski definition) is 1. The molecular weight excluding hydrogens is 759 g/mol. The third-order valence-electron chi connectivity index (χ3n) is 11.6. The van der Waals surface area contributed by atoms with Gasteiger partial charge in [-0.15, -0.1) is 0 Å². The summed E-state index contributed by atoms with van der Waals surface area (Å²) in [7, 11) is 0. The van der Waals surface area contributed by atoms with E-state index in [4.69, 9.17) is 0 Å². The van der Waals surface area contributed by atoms with Gasteiger partial charge in [0.2, 0.25) is 0 Å². The molecule has 0 heterocycles. The molecular formula is C62H43N. The molecule has 0 aromatic heterocycles. The Morgan fingerprint density at radius 2 is 0.714 bits per heavy atom. The Morgan fingerprint density at radius 3 is 1.38 bits per heavy atom. The minimum absolute atomic E-state index is 0.100. The maximum Gasteiger partial charge on any atom is 0.0645 e. The standard InChI is InChI=1S/C62H43N/c1-3-13-44(14-4-1)53-20-11-21-54(43-53)47-31-38-56(39-32-47)63(55-36-29-46(30-37-55)45-25-27-50(28-26-45)59-24-12-19-48-15-7-9-22-58(48)59)57-40-33-51(34-41-57)61-42-35-49-16-8-10-23-60(49)62(61)52-17-5-2-6-18-52/h1-43H/i31D,32D,33D,34D,38D,39D,40D,41D. The molecule has 0 radical (unpaired) electrons. The summed E-state index contributed by atoms with van der Waals surface area (Å²) in [5.74, 6) is 0. The van der Waals surface area contributed by atoms with Gasteiger partial charge in [-0.2, -0.15) is 0 Å². The largest absolute Gasteiger partial charge is 0.311 e. The van der Waals surface area contributed by atoms with E-state index in [9.17, 15) is 11.0 Å². The van der Waals surface area contributed by atoms with Crippen LogP contribution in [-0.2, 0) is 0 Å². The molecule has 0 fully saturated rings. The van der Waals surface area contributed by atoms with Crippen molar-refractivity contribution < 1.29 is 11.0 Å². The van der Waals surface area contributed by atoms with Gasteiger partial charge in [-0.3, -0.25) is 0 Å². The minimum Gasteiger partial charge on any atom is -0.311 e. The van der Waals surface area contributed by atoms with Crippen molar-refractivity contribution in [3.63, 3.8) is 0 Å². The Bertz CT molecular complexity index is 3770. The molecule has 0 aliphatic rings. The van der Waals surface area contributed by atoms with Crippen molar-refractivity contribution in [2.75, 3.05) is 4.90 Å². The average Bonchev–Trinajstić information content (AvgIpc) is 3.42. The van der Waals surface area contributed by atoms with Crippen LogP contribution in [0.1, 0.15) is 11.0 Å². The number of hydrogen-bond donors (Lipinski definition) is 0. The molecule has 0 saturated carbocycles. The lowest BCUT2D eigenvalue weighted by molar-refractivity contribution is 1.28. The monoisotopic (exact) mass is 809 g/mol. The maximum atomic E-state index is 9.79. The number of rotatable bonds is 9. The summed E-state index contributed by atoms with van der Waals surface area (Å²) < 4.78 is 77.3. The van der Waals surface area contributed by atoms with Crippen LogP contribution in [0.15, 0.2) is 261 Å². The van der Waals surface area contributed by atoms with E-state index in [1.807, 2.05) is 140 Å². The molecule has 11 aromatic rings. The molecule has 0 aliphatic heterocycles. The Balaban J connectivity index is 1.08. The molecule has 63 heavy (non-hydrogen) atoms. The van der Waals surface area contributed by atoms with Gasteiger partial charge < -0.3 is 4.90 Å². The molecule has 11 rings (SSSR count). The van der Waals surface area contributed by atoms with E-state index >= 15 is 0 Å². The lowest BCUT2D eigenvalue weighted by Gasteiger charge is -2.26. The van der Waals surface area contributed by atoms with E-state index in [1.54, 1.807) is 18.2 Å². The molecule has 0 atom stereocenters. The summed E-state index contributed by atoms with van der Waals surface area (Å²) in [5, 5.41) is 4.16. The van der Waals surface area contributed by atoms with Crippen molar-refractivity contribution in [1.29, 1.82) is 0 Å². The first kappa shape index (κ1) is 29.9. The second kappa shape index (κ2) is 16.7. The van der Waals surface area contributed by atoms with Gasteiger partial charge in [-0.05, 0) is 131 Å². The molecule has 0 bridgehead atoms. The molecule has 296 valence electrons. The first-order valence-electron chi connectivity index (χ1n) is 25.0. The van der Waals surface area contributed by atoms with Crippen molar-refractivity contribution >= 4 is 38.6 Å². The molecule has 0 unspecified atom stereocenters. The van der Waals surface area contributed by atoms with Crippen LogP contribution in [-0.4, -0.2) is 0 Å². The highest BCUT2D eigenvalue weighted by molar-refractivity contribution is 6.04. The molecule has 0 spiro atoms. The van der Waals surface area contributed by atoms with E-state index in [2.05, 4.69) is 54.6 Å². The van der Waals surface area contributed by atoms with Crippen molar-refractivity contribution in [3.8, 4) is 66.8 Å². The predicted molar refractivity (Wildman–Crippen MR) is 269 cm³/mol. The summed E-state index contributed by atoms with van der Waals surface area (Å²) in [6.45, 7) is 0. The van der Waals surface area contributed by atoms with Crippen LogP contribution in [0.2, 0.25) is 0 Å². The Labute approximate surface area is 380 Å².